The molecule has 0 bridgehead atoms. The summed E-state index contributed by atoms with van der Waals surface area (Å²) in [6, 6.07) is 10.1. The van der Waals surface area contributed by atoms with Crippen molar-refractivity contribution in [3.05, 3.63) is 59.8 Å². The predicted molar refractivity (Wildman–Crippen MR) is 75.7 cm³/mol. The van der Waals surface area contributed by atoms with Gasteiger partial charge in [0.25, 0.3) is 0 Å². The molecule has 0 aliphatic carbocycles. The fraction of sp³-hybridized carbons (Fsp3) is 0.375. The van der Waals surface area contributed by atoms with Gasteiger partial charge in [-0.15, -0.1) is 0 Å². The third-order valence-electron chi connectivity index (χ3n) is 3.35. The van der Waals surface area contributed by atoms with Gasteiger partial charge in [-0.25, -0.2) is 4.39 Å². The van der Waals surface area contributed by atoms with Crippen molar-refractivity contribution in [2.24, 2.45) is 0 Å². The van der Waals surface area contributed by atoms with Gasteiger partial charge in [-0.05, 0) is 38.5 Å². The summed E-state index contributed by atoms with van der Waals surface area (Å²) >= 11 is 0. The number of halogens is 1. The lowest BCUT2D eigenvalue weighted by atomic mass is 10.0. The van der Waals surface area contributed by atoms with E-state index in [2.05, 4.69) is 5.32 Å². The second-order valence-corrected chi connectivity index (χ2v) is 5.08. The first-order valence-corrected chi connectivity index (χ1v) is 6.80. The third-order valence-corrected chi connectivity index (χ3v) is 3.35. The second-order valence-electron chi connectivity index (χ2n) is 5.08. The summed E-state index contributed by atoms with van der Waals surface area (Å²) < 4.78 is 18.8. The normalized spacial score (nSPS) is 15.8. The van der Waals surface area contributed by atoms with Crippen molar-refractivity contribution in [3.63, 3.8) is 0 Å². The van der Waals surface area contributed by atoms with Gasteiger partial charge in [0.05, 0.1) is 6.26 Å². The summed E-state index contributed by atoms with van der Waals surface area (Å²) in [4.78, 5) is 0. The van der Waals surface area contributed by atoms with E-state index in [9.17, 15) is 9.50 Å². The summed E-state index contributed by atoms with van der Waals surface area (Å²) in [5.41, 5.74) is 0.631. The van der Waals surface area contributed by atoms with Gasteiger partial charge in [0.2, 0.25) is 0 Å². The van der Waals surface area contributed by atoms with Gasteiger partial charge in [-0.1, -0.05) is 18.2 Å². The molecule has 3 nitrogen and oxygen atoms in total. The van der Waals surface area contributed by atoms with Gasteiger partial charge in [0.1, 0.15) is 17.7 Å². The van der Waals surface area contributed by atoms with Crippen molar-refractivity contribution in [1.29, 1.82) is 0 Å². The molecule has 0 aliphatic heterocycles. The number of aliphatic hydroxyl groups is 1. The van der Waals surface area contributed by atoms with Crippen LogP contribution in [0.3, 0.4) is 0 Å². The zero-order valence-electron chi connectivity index (χ0n) is 11.7. The molecule has 20 heavy (non-hydrogen) atoms. The van der Waals surface area contributed by atoms with Gasteiger partial charge in [0, 0.05) is 17.6 Å². The van der Waals surface area contributed by atoms with Crippen LogP contribution in [-0.2, 0) is 0 Å². The number of nitrogens with one attached hydrogen (secondary N) is 1. The number of rotatable bonds is 6. The first kappa shape index (κ1) is 14.8. The summed E-state index contributed by atoms with van der Waals surface area (Å²) in [5.74, 6) is 0.337. The Labute approximate surface area is 118 Å². The Balaban J connectivity index is 1.91. The Bertz CT molecular complexity index is 527. The molecular formula is C16H20FNO2. The summed E-state index contributed by atoms with van der Waals surface area (Å²) in [6.07, 6.45) is 1.39. The third kappa shape index (κ3) is 3.68. The Hall–Kier alpha value is -1.65. The van der Waals surface area contributed by atoms with Gasteiger partial charge >= 0.3 is 0 Å². The number of hydrogen-bond donors (Lipinski definition) is 2. The SMILES string of the molecule is CC(CC(O)c1ccco1)NC(C)c1ccccc1F. The average Bonchev–Trinajstić information content (AvgIpc) is 2.92. The monoisotopic (exact) mass is 277 g/mol. The minimum absolute atomic E-state index is 0.0321. The summed E-state index contributed by atoms with van der Waals surface area (Å²) in [7, 11) is 0. The molecule has 2 rings (SSSR count). The van der Waals surface area contributed by atoms with E-state index in [1.165, 1.54) is 6.07 Å². The highest BCUT2D eigenvalue weighted by Crippen LogP contribution is 2.21. The van der Waals surface area contributed by atoms with Crippen LogP contribution < -0.4 is 5.32 Å². The van der Waals surface area contributed by atoms with E-state index >= 15 is 0 Å². The molecule has 2 N–H and O–H groups in total. The topological polar surface area (TPSA) is 45.4 Å². The number of furan rings is 1. The molecular weight excluding hydrogens is 257 g/mol. The van der Waals surface area contributed by atoms with Crippen LogP contribution in [0.15, 0.2) is 47.1 Å². The molecule has 1 aromatic carbocycles. The molecule has 108 valence electrons. The highest BCUT2D eigenvalue weighted by molar-refractivity contribution is 5.20. The minimum atomic E-state index is -0.652. The van der Waals surface area contributed by atoms with E-state index in [0.29, 0.717) is 17.7 Å². The van der Waals surface area contributed by atoms with E-state index in [1.54, 1.807) is 30.5 Å². The molecule has 4 heteroatoms. The molecule has 3 atom stereocenters. The number of hydrogen-bond acceptors (Lipinski definition) is 3. The Morgan fingerprint density at radius 3 is 2.60 bits per heavy atom. The molecule has 0 amide bonds. The van der Waals surface area contributed by atoms with Crippen molar-refractivity contribution >= 4 is 0 Å². The zero-order chi connectivity index (χ0) is 14.5. The van der Waals surface area contributed by atoms with E-state index < -0.39 is 6.10 Å². The van der Waals surface area contributed by atoms with Crippen LogP contribution in [0.2, 0.25) is 0 Å². The van der Waals surface area contributed by atoms with E-state index in [4.69, 9.17) is 4.42 Å². The fourth-order valence-electron chi connectivity index (χ4n) is 2.34. The maximum atomic E-state index is 13.7. The predicted octanol–water partition coefficient (Wildman–Crippen LogP) is 3.58. The number of aliphatic hydroxyl groups excluding tert-OH is 1. The molecule has 0 spiro atoms. The number of benzene rings is 1. The van der Waals surface area contributed by atoms with Crippen LogP contribution in [0.4, 0.5) is 4.39 Å². The van der Waals surface area contributed by atoms with E-state index in [-0.39, 0.29) is 17.9 Å². The van der Waals surface area contributed by atoms with Crippen molar-refractivity contribution in [2.75, 3.05) is 0 Å². The van der Waals surface area contributed by atoms with Crippen molar-refractivity contribution in [3.8, 4) is 0 Å². The van der Waals surface area contributed by atoms with Crippen molar-refractivity contribution < 1.29 is 13.9 Å². The largest absolute Gasteiger partial charge is 0.467 e. The highest BCUT2D eigenvalue weighted by Gasteiger charge is 2.17. The van der Waals surface area contributed by atoms with Gasteiger partial charge < -0.3 is 14.8 Å². The quantitative estimate of drug-likeness (QED) is 0.848. The molecule has 0 aliphatic rings. The molecule has 1 heterocycles. The Morgan fingerprint density at radius 1 is 1.20 bits per heavy atom. The van der Waals surface area contributed by atoms with Crippen LogP contribution in [-0.4, -0.2) is 11.1 Å². The van der Waals surface area contributed by atoms with Gasteiger partial charge in [0.15, 0.2) is 0 Å². The molecule has 1 aromatic heterocycles. The van der Waals surface area contributed by atoms with Crippen LogP contribution in [0.1, 0.15) is 43.7 Å². The molecule has 3 unspecified atom stereocenters. The van der Waals surface area contributed by atoms with Crippen LogP contribution in [0, 0.1) is 5.82 Å². The molecule has 0 radical (unpaired) electrons. The second kappa shape index (κ2) is 6.68. The maximum absolute atomic E-state index is 13.7. The maximum Gasteiger partial charge on any atom is 0.132 e. The standard InChI is InChI=1S/C16H20FNO2/c1-11(10-15(19)16-8-5-9-20-16)18-12(2)13-6-3-4-7-14(13)17/h3-9,11-12,15,18-19H,10H2,1-2H3. The van der Waals surface area contributed by atoms with Crippen LogP contribution in [0.5, 0.6) is 0 Å². The van der Waals surface area contributed by atoms with Crippen molar-refractivity contribution in [2.45, 2.75) is 38.5 Å². The first-order valence-electron chi connectivity index (χ1n) is 6.80. The Morgan fingerprint density at radius 2 is 1.95 bits per heavy atom. The van der Waals surface area contributed by atoms with Gasteiger partial charge in [-0.3, -0.25) is 0 Å². The molecule has 0 fully saturated rings. The minimum Gasteiger partial charge on any atom is -0.467 e. The highest BCUT2D eigenvalue weighted by atomic mass is 19.1. The zero-order valence-corrected chi connectivity index (χ0v) is 11.7. The first-order chi connectivity index (χ1) is 9.58. The van der Waals surface area contributed by atoms with Gasteiger partial charge in [-0.2, -0.15) is 0 Å². The lowest BCUT2D eigenvalue weighted by Gasteiger charge is -2.22. The molecule has 0 saturated carbocycles. The van der Waals surface area contributed by atoms with Crippen LogP contribution >= 0.6 is 0 Å². The fourth-order valence-corrected chi connectivity index (χ4v) is 2.34. The van der Waals surface area contributed by atoms with E-state index in [1.807, 2.05) is 19.9 Å². The van der Waals surface area contributed by atoms with Crippen molar-refractivity contribution in [1.82, 2.24) is 5.32 Å². The van der Waals surface area contributed by atoms with E-state index in [0.717, 1.165) is 0 Å². The summed E-state index contributed by atoms with van der Waals surface area (Å²) in [5, 5.41) is 13.3. The molecule has 2 aromatic rings. The average molecular weight is 277 g/mol. The van der Waals surface area contributed by atoms with Crippen LogP contribution in [0.25, 0.3) is 0 Å². The molecule has 0 saturated heterocycles. The smallest absolute Gasteiger partial charge is 0.132 e. The lowest BCUT2D eigenvalue weighted by Crippen LogP contribution is -2.30. The Kier molecular flexibility index (Phi) is 4.93. The summed E-state index contributed by atoms with van der Waals surface area (Å²) in [6.45, 7) is 3.87. The lowest BCUT2D eigenvalue weighted by molar-refractivity contribution is 0.127.